The first-order chi connectivity index (χ1) is 8.33. The van der Waals surface area contributed by atoms with Crippen LogP contribution in [0.2, 0.25) is 0 Å². The van der Waals surface area contributed by atoms with Gasteiger partial charge in [-0.2, -0.15) is 4.98 Å². The van der Waals surface area contributed by atoms with Gasteiger partial charge in [0.2, 0.25) is 0 Å². The minimum absolute atomic E-state index is 0.541. The van der Waals surface area contributed by atoms with Crippen LogP contribution in [0.5, 0.6) is 5.75 Å². The summed E-state index contributed by atoms with van der Waals surface area (Å²) in [6.45, 7) is 0.835. The van der Waals surface area contributed by atoms with Crippen molar-refractivity contribution in [3.8, 4) is 17.2 Å². The van der Waals surface area contributed by atoms with E-state index in [4.69, 9.17) is 9.26 Å². The highest BCUT2D eigenvalue weighted by Gasteiger charge is 2.08. The van der Waals surface area contributed by atoms with Gasteiger partial charge in [-0.25, -0.2) is 0 Å². The zero-order valence-electron chi connectivity index (χ0n) is 9.93. The summed E-state index contributed by atoms with van der Waals surface area (Å²) in [4.78, 5) is 4.31. The van der Waals surface area contributed by atoms with Gasteiger partial charge in [0.15, 0.2) is 5.82 Å². The average molecular weight is 233 g/mol. The van der Waals surface area contributed by atoms with Crippen molar-refractivity contribution in [3.63, 3.8) is 0 Å². The Balaban J connectivity index is 2.12. The maximum Gasteiger partial charge on any atom is 0.257 e. The number of rotatable bonds is 5. The average Bonchev–Trinajstić information content (AvgIpc) is 2.85. The Kier molecular flexibility index (Phi) is 3.72. The molecule has 5 heteroatoms. The third kappa shape index (κ3) is 2.82. The van der Waals surface area contributed by atoms with Crippen molar-refractivity contribution < 1.29 is 9.26 Å². The molecule has 0 fully saturated rings. The van der Waals surface area contributed by atoms with Gasteiger partial charge in [-0.05, 0) is 31.3 Å². The second-order valence-electron chi connectivity index (χ2n) is 3.60. The molecule has 17 heavy (non-hydrogen) atoms. The quantitative estimate of drug-likeness (QED) is 0.848. The highest BCUT2D eigenvalue weighted by molar-refractivity contribution is 5.54. The summed E-state index contributed by atoms with van der Waals surface area (Å²) < 4.78 is 10.3. The van der Waals surface area contributed by atoms with E-state index in [0.29, 0.717) is 11.7 Å². The zero-order valence-corrected chi connectivity index (χ0v) is 9.93. The monoisotopic (exact) mass is 233 g/mol. The number of methoxy groups -OCH3 is 1. The van der Waals surface area contributed by atoms with Gasteiger partial charge in [0.25, 0.3) is 5.89 Å². The van der Waals surface area contributed by atoms with Gasteiger partial charge in [0.1, 0.15) is 5.75 Å². The molecule has 5 nitrogen and oxygen atoms in total. The van der Waals surface area contributed by atoms with Crippen LogP contribution in [0.4, 0.5) is 0 Å². The Bertz CT molecular complexity index is 465. The minimum atomic E-state index is 0.541. The van der Waals surface area contributed by atoms with Gasteiger partial charge >= 0.3 is 0 Å². The lowest BCUT2D eigenvalue weighted by atomic mass is 10.2. The fourth-order valence-corrected chi connectivity index (χ4v) is 1.44. The third-order valence-electron chi connectivity index (χ3n) is 2.40. The number of hydrogen-bond acceptors (Lipinski definition) is 5. The van der Waals surface area contributed by atoms with E-state index < -0.39 is 0 Å². The fourth-order valence-electron chi connectivity index (χ4n) is 1.44. The third-order valence-corrected chi connectivity index (χ3v) is 2.40. The van der Waals surface area contributed by atoms with E-state index in [0.717, 1.165) is 24.3 Å². The van der Waals surface area contributed by atoms with Crippen LogP contribution in [-0.4, -0.2) is 30.8 Å². The molecule has 1 aromatic heterocycles. The summed E-state index contributed by atoms with van der Waals surface area (Å²) in [5, 5.41) is 6.96. The molecule has 0 bridgehead atoms. The second kappa shape index (κ2) is 5.45. The summed E-state index contributed by atoms with van der Waals surface area (Å²) in [6, 6.07) is 7.53. The van der Waals surface area contributed by atoms with Crippen LogP contribution in [0.15, 0.2) is 28.8 Å². The molecular formula is C12H15N3O2. The summed E-state index contributed by atoms with van der Waals surface area (Å²) in [5.74, 6) is 2.06. The second-order valence-corrected chi connectivity index (χ2v) is 3.60. The van der Waals surface area contributed by atoms with Crippen molar-refractivity contribution in [1.82, 2.24) is 15.5 Å². The van der Waals surface area contributed by atoms with Crippen molar-refractivity contribution in [3.05, 3.63) is 30.1 Å². The van der Waals surface area contributed by atoms with Crippen molar-refractivity contribution in [2.45, 2.75) is 6.42 Å². The van der Waals surface area contributed by atoms with E-state index in [-0.39, 0.29) is 0 Å². The molecule has 0 saturated heterocycles. The fraction of sp³-hybridized carbons (Fsp3) is 0.333. The van der Waals surface area contributed by atoms with E-state index in [1.54, 1.807) is 7.11 Å². The molecule has 2 rings (SSSR count). The van der Waals surface area contributed by atoms with Crippen molar-refractivity contribution in [2.75, 3.05) is 20.7 Å². The number of likely N-dealkylation sites (N-methyl/N-ethyl adjacent to an activating group) is 1. The van der Waals surface area contributed by atoms with Crippen LogP contribution in [0.25, 0.3) is 11.5 Å². The summed E-state index contributed by atoms with van der Waals surface area (Å²) in [7, 11) is 3.53. The highest BCUT2D eigenvalue weighted by Crippen LogP contribution is 2.20. The van der Waals surface area contributed by atoms with Crippen LogP contribution in [0.3, 0.4) is 0 Å². The molecular weight excluding hydrogens is 218 g/mol. The first-order valence-corrected chi connectivity index (χ1v) is 5.45. The molecule has 1 heterocycles. The molecule has 0 radical (unpaired) electrons. The van der Waals surface area contributed by atoms with Gasteiger partial charge in [-0.15, -0.1) is 0 Å². The summed E-state index contributed by atoms with van der Waals surface area (Å²) in [5.41, 5.74) is 0.897. The maximum atomic E-state index is 5.19. The Morgan fingerprint density at radius 3 is 2.71 bits per heavy atom. The molecule has 1 N–H and O–H groups in total. The van der Waals surface area contributed by atoms with E-state index >= 15 is 0 Å². The Hall–Kier alpha value is -1.88. The van der Waals surface area contributed by atoms with Crippen LogP contribution < -0.4 is 10.1 Å². The first kappa shape index (κ1) is 11.6. The molecule has 0 aliphatic rings. The molecule has 90 valence electrons. The van der Waals surface area contributed by atoms with Crippen molar-refractivity contribution >= 4 is 0 Å². The van der Waals surface area contributed by atoms with Crippen molar-refractivity contribution in [2.24, 2.45) is 0 Å². The predicted octanol–water partition coefficient (Wildman–Crippen LogP) is 1.51. The Morgan fingerprint density at radius 1 is 1.29 bits per heavy atom. The van der Waals surface area contributed by atoms with Gasteiger partial charge in [-0.3, -0.25) is 0 Å². The molecule has 0 amide bonds. The summed E-state index contributed by atoms with van der Waals surface area (Å²) in [6.07, 6.45) is 0.760. The number of nitrogens with zero attached hydrogens (tertiary/aromatic N) is 2. The number of aromatic nitrogens is 2. The molecule has 0 spiro atoms. The van der Waals surface area contributed by atoms with E-state index in [1.165, 1.54) is 0 Å². The smallest absolute Gasteiger partial charge is 0.257 e. The molecule has 0 saturated carbocycles. The summed E-state index contributed by atoms with van der Waals surface area (Å²) >= 11 is 0. The van der Waals surface area contributed by atoms with Gasteiger partial charge < -0.3 is 14.6 Å². The lowest BCUT2D eigenvalue weighted by Crippen LogP contribution is -2.10. The molecule has 1 aromatic carbocycles. The number of nitrogens with one attached hydrogen (secondary N) is 1. The minimum Gasteiger partial charge on any atom is -0.497 e. The van der Waals surface area contributed by atoms with Crippen LogP contribution in [-0.2, 0) is 6.42 Å². The molecule has 0 aliphatic heterocycles. The van der Waals surface area contributed by atoms with E-state index in [9.17, 15) is 0 Å². The van der Waals surface area contributed by atoms with Crippen LogP contribution in [0, 0.1) is 0 Å². The molecule has 2 aromatic rings. The van der Waals surface area contributed by atoms with Gasteiger partial charge in [0, 0.05) is 18.5 Å². The highest BCUT2D eigenvalue weighted by atomic mass is 16.5. The number of benzene rings is 1. The van der Waals surface area contributed by atoms with Crippen LogP contribution >= 0.6 is 0 Å². The normalized spacial score (nSPS) is 10.5. The van der Waals surface area contributed by atoms with Gasteiger partial charge in [0.05, 0.1) is 7.11 Å². The molecule has 0 unspecified atom stereocenters. The SMILES string of the molecule is CNCCc1noc(-c2ccc(OC)cc2)n1. The van der Waals surface area contributed by atoms with Gasteiger partial charge in [-0.1, -0.05) is 5.16 Å². The first-order valence-electron chi connectivity index (χ1n) is 5.45. The largest absolute Gasteiger partial charge is 0.497 e. The lowest BCUT2D eigenvalue weighted by molar-refractivity contribution is 0.414. The number of ether oxygens (including phenoxy) is 1. The Labute approximate surface area is 99.8 Å². The Morgan fingerprint density at radius 2 is 2.06 bits per heavy atom. The van der Waals surface area contributed by atoms with E-state index in [1.807, 2.05) is 31.3 Å². The lowest BCUT2D eigenvalue weighted by Gasteiger charge is -1.98. The van der Waals surface area contributed by atoms with Crippen molar-refractivity contribution in [1.29, 1.82) is 0 Å². The van der Waals surface area contributed by atoms with E-state index in [2.05, 4.69) is 15.5 Å². The maximum absolute atomic E-state index is 5.19. The molecule has 0 aliphatic carbocycles. The number of hydrogen-bond donors (Lipinski definition) is 1. The zero-order chi connectivity index (χ0) is 12.1. The molecule has 0 atom stereocenters. The standard InChI is InChI=1S/C12H15N3O2/c1-13-8-7-11-14-12(17-15-11)9-3-5-10(16-2)6-4-9/h3-6,13H,7-8H2,1-2H3. The van der Waals surface area contributed by atoms with Crippen LogP contribution in [0.1, 0.15) is 5.82 Å². The topological polar surface area (TPSA) is 60.2 Å². The predicted molar refractivity (Wildman–Crippen MR) is 63.9 cm³/mol.